The van der Waals surface area contributed by atoms with Gasteiger partial charge in [0.15, 0.2) is 0 Å². The Labute approximate surface area is 65.8 Å². The van der Waals surface area contributed by atoms with E-state index in [1.54, 1.807) is 18.8 Å². The van der Waals surface area contributed by atoms with E-state index in [0.717, 1.165) is 10.8 Å². The van der Waals surface area contributed by atoms with Gasteiger partial charge in [0, 0.05) is 7.05 Å². The van der Waals surface area contributed by atoms with Crippen LogP contribution in [0.25, 0.3) is 0 Å². The zero-order chi connectivity index (χ0) is 7.98. The first-order valence-corrected chi connectivity index (χ1v) is 4.09. The largest absolute Gasteiger partial charge is 0.368 e. The molecule has 3 nitrogen and oxygen atoms in total. The molecule has 4 heteroatoms. The summed E-state index contributed by atoms with van der Waals surface area (Å²) in [5.74, 6) is 1.37. The summed E-state index contributed by atoms with van der Waals surface area (Å²) in [7, 11) is 1.63. The lowest BCUT2D eigenvalue weighted by Crippen LogP contribution is -2.09. The van der Waals surface area contributed by atoms with Gasteiger partial charge in [-0.05, 0) is 12.7 Å². The molecule has 0 saturated heterocycles. The van der Waals surface area contributed by atoms with E-state index < -0.39 is 0 Å². The van der Waals surface area contributed by atoms with Gasteiger partial charge in [-0.1, -0.05) is 6.92 Å². The van der Waals surface area contributed by atoms with Gasteiger partial charge in [0.25, 0.3) is 0 Å². The van der Waals surface area contributed by atoms with E-state index in [4.69, 9.17) is 5.73 Å². The van der Waals surface area contributed by atoms with Gasteiger partial charge in [-0.25, -0.2) is 4.99 Å². The average Bonchev–Trinajstić information content (AvgIpc) is 1.88. The van der Waals surface area contributed by atoms with E-state index in [1.165, 1.54) is 0 Å². The SMILES string of the molecule is CCS/C(C)=N/C(N)=NC. The lowest BCUT2D eigenvalue weighted by Gasteiger charge is -1.94. The molecule has 0 aromatic heterocycles. The number of rotatable bonds is 1. The normalized spacial score (nSPS) is 13.9. The highest BCUT2D eigenvalue weighted by Gasteiger charge is 1.89. The summed E-state index contributed by atoms with van der Waals surface area (Å²) in [6.45, 7) is 4.00. The lowest BCUT2D eigenvalue weighted by atomic mass is 10.8. The number of guanidine groups is 1. The van der Waals surface area contributed by atoms with Gasteiger partial charge in [0.2, 0.25) is 5.96 Å². The number of thioether (sulfide) groups is 1. The van der Waals surface area contributed by atoms with Crippen LogP contribution in [0.2, 0.25) is 0 Å². The molecule has 0 heterocycles. The van der Waals surface area contributed by atoms with E-state index in [-0.39, 0.29) is 0 Å². The minimum absolute atomic E-state index is 0.346. The van der Waals surface area contributed by atoms with E-state index in [9.17, 15) is 0 Å². The molecule has 0 rings (SSSR count). The molecule has 10 heavy (non-hydrogen) atoms. The quantitative estimate of drug-likeness (QED) is 0.460. The Bertz CT molecular complexity index is 151. The van der Waals surface area contributed by atoms with Crippen molar-refractivity contribution in [2.45, 2.75) is 13.8 Å². The van der Waals surface area contributed by atoms with Crippen LogP contribution >= 0.6 is 11.8 Å². The molecule has 0 spiro atoms. The molecule has 0 amide bonds. The van der Waals surface area contributed by atoms with Gasteiger partial charge >= 0.3 is 0 Å². The molecule has 0 fully saturated rings. The number of nitrogens with two attached hydrogens (primary N) is 1. The maximum atomic E-state index is 5.35. The van der Waals surface area contributed by atoms with Crippen LogP contribution < -0.4 is 5.73 Å². The molecule has 0 aromatic rings. The van der Waals surface area contributed by atoms with Crippen molar-refractivity contribution in [1.82, 2.24) is 0 Å². The standard InChI is InChI=1S/C6H13N3S/c1-4-10-5(2)9-6(7)8-3/h4H2,1-3H3,(H2,7,8)/b9-5+. The van der Waals surface area contributed by atoms with Crippen LogP contribution in [-0.2, 0) is 0 Å². The first kappa shape index (κ1) is 9.49. The van der Waals surface area contributed by atoms with Crippen LogP contribution in [0.5, 0.6) is 0 Å². The molecule has 0 aliphatic rings. The molecule has 2 N–H and O–H groups in total. The Balaban J connectivity index is 3.90. The summed E-state index contributed by atoms with van der Waals surface area (Å²) in [4.78, 5) is 7.70. The maximum absolute atomic E-state index is 5.35. The van der Waals surface area contributed by atoms with Crippen molar-refractivity contribution in [3.05, 3.63) is 0 Å². The third kappa shape index (κ3) is 4.38. The number of hydrogen-bond acceptors (Lipinski definition) is 2. The van der Waals surface area contributed by atoms with Crippen molar-refractivity contribution in [3.63, 3.8) is 0 Å². The smallest absolute Gasteiger partial charge is 0.215 e. The summed E-state index contributed by atoms with van der Waals surface area (Å²) in [6, 6.07) is 0. The van der Waals surface area contributed by atoms with Crippen molar-refractivity contribution < 1.29 is 0 Å². The summed E-state index contributed by atoms with van der Waals surface area (Å²) in [6.07, 6.45) is 0. The number of nitrogens with zero attached hydrogens (tertiary/aromatic N) is 2. The molecule has 0 saturated carbocycles. The Morgan fingerprint density at radius 2 is 2.20 bits per heavy atom. The first-order valence-electron chi connectivity index (χ1n) is 3.11. The summed E-state index contributed by atoms with van der Waals surface area (Å²) < 4.78 is 0. The fourth-order valence-corrected chi connectivity index (χ4v) is 1.03. The highest BCUT2D eigenvalue weighted by Crippen LogP contribution is 2.01. The van der Waals surface area contributed by atoms with Crippen molar-refractivity contribution in [2.24, 2.45) is 15.7 Å². The van der Waals surface area contributed by atoms with Crippen LogP contribution in [0.4, 0.5) is 0 Å². The third-order valence-electron chi connectivity index (χ3n) is 0.854. The van der Waals surface area contributed by atoms with Crippen molar-refractivity contribution in [2.75, 3.05) is 12.8 Å². The topological polar surface area (TPSA) is 50.7 Å². The second-order valence-electron chi connectivity index (χ2n) is 1.65. The van der Waals surface area contributed by atoms with E-state index in [2.05, 4.69) is 16.9 Å². The molecule has 0 aliphatic heterocycles. The molecule has 0 bridgehead atoms. The van der Waals surface area contributed by atoms with Gasteiger partial charge < -0.3 is 5.73 Å². The average molecular weight is 159 g/mol. The van der Waals surface area contributed by atoms with Crippen LogP contribution in [0.3, 0.4) is 0 Å². The first-order chi connectivity index (χ1) is 4.70. The Morgan fingerprint density at radius 3 is 2.60 bits per heavy atom. The molecular weight excluding hydrogens is 146 g/mol. The van der Waals surface area contributed by atoms with Crippen molar-refractivity contribution >= 4 is 22.8 Å². The predicted molar refractivity (Wildman–Crippen MR) is 48.8 cm³/mol. The Kier molecular flexibility index (Phi) is 5.02. The molecule has 58 valence electrons. The summed E-state index contributed by atoms with van der Waals surface area (Å²) in [5, 5.41) is 0.964. The molecule has 0 aliphatic carbocycles. The minimum Gasteiger partial charge on any atom is -0.368 e. The van der Waals surface area contributed by atoms with Crippen LogP contribution in [0.1, 0.15) is 13.8 Å². The molecular formula is C6H13N3S. The van der Waals surface area contributed by atoms with Crippen LogP contribution in [0, 0.1) is 0 Å². The van der Waals surface area contributed by atoms with E-state index >= 15 is 0 Å². The summed E-state index contributed by atoms with van der Waals surface area (Å²) >= 11 is 1.66. The predicted octanol–water partition coefficient (Wildman–Crippen LogP) is 1.10. The van der Waals surface area contributed by atoms with Gasteiger partial charge in [0.05, 0.1) is 5.04 Å². The highest BCUT2D eigenvalue weighted by atomic mass is 32.2. The number of hydrogen-bond donors (Lipinski definition) is 1. The van der Waals surface area contributed by atoms with Crippen LogP contribution in [0.15, 0.2) is 9.98 Å². The Morgan fingerprint density at radius 1 is 1.60 bits per heavy atom. The molecule has 0 unspecified atom stereocenters. The van der Waals surface area contributed by atoms with E-state index in [1.807, 2.05) is 6.92 Å². The summed E-state index contributed by atoms with van der Waals surface area (Å²) in [5.41, 5.74) is 5.35. The zero-order valence-corrected chi connectivity index (χ0v) is 7.40. The van der Waals surface area contributed by atoms with Gasteiger partial charge in [-0.3, -0.25) is 4.99 Å². The Hall–Kier alpha value is -0.510. The van der Waals surface area contributed by atoms with Crippen molar-refractivity contribution in [3.8, 4) is 0 Å². The monoisotopic (exact) mass is 159 g/mol. The second kappa shape index (κ2) is 5.29. The van der Waals surface area contributed by atoms with Gasteiger partial charge in [-0.2, -0.15) is 0 Å². The molecule has 0 atom stereocenters. The fraction of sp³-hybridized carbons (Fsp3) is 0.667. The zero-order valence-electron chi connectivity index (χ0n) is 6.59. The molecule has 0 radical (unpaired) electrons. The van der Waals surface area contributed by atoms with Crippen molar-refractivity contribution in [1.29, 1.82) is 0 Å². The molecule has 0 aromatic carbocycles. The lowest BCUT2D eigenvalue weighted by molar-refractivity contribution is 1.36. The second-order valence-corrected chi connectivity index (χ2v) is 3.10. The van der Waals surface area contributed by atoms with Crippen LogP contribution in [-0.4, -0.2) is 23.8 Å². The minimum atomic E-state index is 0.346. The fourth-order valence-electron chi connectivity index (χ4n) is 0.452. The number of aliphatic imine (C=N–C) groups is 2. The van der Waals surface area contributed by atoms with Gasteiger partial charge in [-0.15, -0.1) is 11.8 Å². The highest BCUT2D eigenvalue weighted by molar-refractivity contribution is 8.13. The van der Waals surface area contributed by atoms with E-state index in [0.29, 0.717) is 5.96 Å². The van der Waals surface area contributed by atoms with Gasteiger partial charge in [0.1, 0.15) is 0 Å². The maximum Gasteiger partial charge on any atom is 0.215 e. The third-order valence-corrected chi connectivity index (χ3v) is 1.65.